The van der Waals surface area contributed by atoms with Crippen molar-refractivity contribution < 1.29 is 19.1 Å². The van der Waals surface area contributed by atoms with Gasteiger partial charge in [0.15, 0.2) is 5.76 Å². The third kappa shape index (κ3) is 3.62. The number of hydrogen-bond donors (Lipinski definition) is 2. The maximum atomic E-state index is 11.5. The molecule has 0 fully saturated rings. The number of carbonyl (C=O) groups is 2. The minimum Gasteiger partial charge on any atom is -0.480 e. The molecule has 1 rings (SSSR count). The zero-order chi connectivity index (χ0) is 12.0. The molecule has 1 heterocycles. The van der Waals surface area contributed by atoms with Crippen molar-refractivity contribution in [1.29, 1.82) is 0 Å². The van der Waals surface area contributed by atoms with Gasteiger partial charge in [0.25, 0.3) is 5.91 Å². The molecule has 0 saturated heterocycles. The highest BCUT2D eigenvalue weighted by Gasteiger charge is 2.21. The monoisotopic (exact) mass is 243 g/mol. The second-order valence-electron chi connectivity index (χ2n) is 3.12. The highest BCUT2D eigenvalue weighted by atomic mass is 32.2. The van der Waals surface area contributed by atoms with E-state index in [2.05, 4.69) is 5.32 Å². The molecule has 0 radical (unpaired) electrons. The number of carbonyl (C=O) groups excluding carboxylic acids is 1. The summed E-state index contributed by atoms with van der Waals surface area (Å²) in [6.07, 6.45) is 3.64. The minimum absolute atomic E-state index is 0.121. The summed E-state index contributed by atoms with van der Waals surface area (Å²) in [5.74, 6) is -0.738. The van der Waals surface area contributed by atoms with Gasteiger partial charge < -0.3 is 14.8 Å². The summed E-state index contributed by atoms with van der Waals surface area (Å²) in [4.78, 5) is 22.4. The van der Waals surface area contributed by atoms with Crippen molar-refractivity contribution in [2.24, 2.45) is 0 Å². The van der Waals surface area contributed by atoms with Crippen LogP contribution in [0, 0.1) is 0 Å². The first-order chi connectivity index (χ1) is 7.65. The first kappa shape index (κ1) is 12.6. The Morgan fingerprint density at radius 1 is 1.62 bits per heavy atom. The van der Waals surface area contributed by atoms with Crippen molar-refractivity contribution in [2.75, 3.05) is 12.0 Å². The molecule has 1 aromatic rings. The number of aliphatic carboxylic acids is 1. The van der Waals surface area contributed by atoms with Gasteiger partial charge in [0.2, 0.25) is 0 Å². The van der Waals surface area contributed by atoms with E-state index < -0.39 is 17.9 Å². The standard InChI is InChI=1S/C10H13NO4S/c1-16-6-4-7(10(13)14)11-9(12)8-3-2-5-15-8/h2-3,5,7H,4,6H2,1H3,(H,11,12)(H,13,14)/t7-/m1/s1. The highest BCUT2D eigenvalue weighted by Crippen LogP contribution is 2.04. The Hall–Kier alpha value is -1.43. The number of thioether (sulfide) groups is 1. The van der Waals surface area contributed by atoms with E-state index in [1.54, 1.807) is 6.07 Å². The molecule has 6 heteroatoms. The first-order valence-corrected chi connectivity index (χ1v) is 6.10. The molecule has 0 bridgehead atoms. The molecule has 0 aliphatic rings. The number of amides is 1. The molecule has 0 unspecified atom stereocenters. The highest BCUT2D eigenvalue weighted by molar-refractivity contribution is 7.98. The number of rotatable bonds is 6. The number of carboxylic acid groups (broad SMARTS) is 1. The molecule has 1 aromatic heterocycles. The third-order valence-electron chi connectivity index (χ3n) is 1.96. The van der Waals surface area contributed by atoms with Gasteiger partial charge in [-0.1, -0.05) is 0 Å². The topological polar surface area (TPSA) is 79.5 Å². The molecule has 0 aromatic carbocycles. The molecule has 0 aliphatic heterocycles. The second kappa shape index (κ2) is 6.22. The Kier molecular flexibility index (Phi) is 4.91. The zero-order valence-corrected chi connectivity index (χ0v) is 9.62. The van der Waals surface area contributed by atoms with Crippen LogP contribution in [0.25, 0.3) is 0 Å². The van der Waals surface area contributed by atoms with Crippen LogP contribution in [0.4, 0.5) is 0 Å². The van der Waals surface area contributed by atoms with E-state index in [0.29, 0.717) is 12.2 Å². The summed E-state index contributed by atoms with van der Waals surface area (Å²) < 4.78 is 4.87. The van der Waals surface area contributed by atoms with E-state index in [9.17, 15) is 9.59 Å². The molecule has 88 valence electrons. The van der Waals surface area contributed by atoms with Gasteiger partial charge in [-0.25, -0.2) is 4.79 Å². The lowest BCUT2D eigenvalue weighted by Crippen LogP contribution is -2.41. The van der Waals surface area contributed by atoms with Crippen LogP contribution < -0.4 is 5.32 Å². The van der Waals surface area contributed by atoms with Crippen LogP contribution in [-0.2, 0) is 4.79 Å². The average Bonchev–Trinajstić information content (AvgIpc) is 2.76. The Morgan fingerprint density at radius 3 is 2.88 bits per heavy atom. The fourth-order valence-corrected chi connectivity index (χ4v) is 1.60. The van der Waals surface area contributed by atoms with Gasteiger partial charge in [-0.05, 0) is 30.6 Å². The van der Waals surface area contributed by atoms with Gasteiger partial charge in [0.1, 0.15) is 6.04 Å². The van der Waals surface area contributed by atoms with E-state index >= 15 is 0 Å². The average molecular weight is 243 g/mol. The molecule has 5 nitrogen and oxygen atoms in total. The van der Waals surface area contributed by atoms with Gasteiger partial charge in [-0.2, -0.15) is 11.8 Å². The molecule has 0 aliphatic carbocycles. The van der Waals surface area contributed by atoms with Crippen LogP contribution in [0.2, 0.25) is 0 Å². The van der Waals surface area contributed by atoms with Gasteiger partial charge >= 0.3 is 5.97 Å². The summed E-state index contributed by atoms with van der Waals surface area (Å²) in [7, 11) is 0. The van der Waals surface area contributed by atoms with E-state index in [1.165, 1.54) is 24.1 Å². The molecule has 2 N–H and O–H groups in total. The van der Waals surface area contributed by atoms with E-state index in [0.717, 1.165) is 0 Å². The van der Waals surface area contributed by atoms with Crippen molar-refractivity contribution >= 4 is 23.6 Å². The van der Waals surface area contributed by atoms with Gasteiger partial charge in [0, 0.05) is 0 Å². The van der Waals surface area contributed by atoms with Crippen molar-refractivity contribution in [3.05, 3.63) is 24.2 Å². The predicted octanol–water partition coefficient (Wildman–Crippen LogP) is 1.22. The third-order valence-corrected chi connectivity index (χ3v) is 2.60. The molecule has 16 heavy (non-hydrogen) atoms. The van der Waals surface area contributed by atoms with Crippen LogP contribution in [0.5, 0.6) is 0 Å². The van der Waals surface area contributed by atoms with Crippen LogP contribution >= 0.6 is 11.8 Å². The van der Waals surface area contributed by atoms with Crippen molar-refractivity contribution in [2.45, 2.75) is 12.5 Å². The van der Waals surface area contributed by atoms with Crippen LogP contribution in [-0.4, -0.2) is 35.0 Å². The molecular weight excluding hydrogens is 230 g/mol. The lowest BCUT2D eigenvalue weighted by atomic mass is 10.2. The second-order valence-corrected chi connectivity index (χ2v) is 4.11. The Bertz CT molecular complexity index is 350. The number of furan rings is 1. The van der Waals surface area contributed by atoms with E-state index in [-0.39, 0.29) is 5.76 Å². The van der Waals surface area contributed by atoms with Crippen molar-refractivity contribution in [1.82, 2.24) is 5.32 Å². The smallest absolute Gasteiger partial charge is 0.326 e. The van der Waals surface area contributed by atoms with Gasteiger partial charge in [-0.15, -0.1) is 0 Å². The molecular formula is C10H13NO4S. The van der Waals surface area contributed by atoms with Crippen molar-refractivity contribution in [3.63, 3.8) is 0 Å². The summed E-state index contributed by atoms with van der Waals surface area (Å²) in [5, 5.41) is 11.3. The zero-order valence-electron chi connectivity index (χ0n) is 8.80. The summed E-state index contributed by atoms with van der Waals surface area (Å²) in [6, 6.07) is 2.19. The molecule has 0 saturated carbocycles. The molecule has 0 spiro atoms. The maximum Gasteiger partial charge on any atom is 0.326 e. The molecule has 1 atom stereocenters. The van der Waals surface area contributed by atoms with Crippen molar-refractivity contribution in [3.8, 4) is 0 Å². The summed E-state index contributed by atoms with van der Waals surface area (Å²) in [5.41, 5.74) is 0. The number of hydrogen-bond acceptors (Lipinski definition) is 4. The fourth-order valence-electron chi connectivity index (χ4n) is 1.13. The van der Waals surface area contributed by atoms with Gasteiger partial charge in [-0.3, -0.25) is 4.79 Å². The van der Waals surface area contributed by atoms with Crippen LogP contribution in [0.1, 0.15) is 17.0 Å². The lowest BCUT2D eigenvalue weighted by Gasteiger charge is -2.12. The van der Waals surface area contributed by atoms with Crippen LogP contribution in [0.15, 0.2) is 22.8 Å². The number of carboxylic acids is 1. The fraction of sp³-hybridized carbons (Fsp3) is 0.400. The van der Waals surface area contributed by atoms with Gasteiger partial charge in [0.05, 0.1) is 6.26 Å². The lowest BCUT2D eigenvalue weighted by molar-refractivity contribution is -0.139. The first-order valence-electron chi connectivity index (χ1n) is 4.71. The number of nitrogens with one attached hydrogen (secondary N) is 1. The SMILES string of the molecule is CSCC[C@@H](NC(=O)c1ccco1)C(=O)O. The Labute approximate surface area is 97.2 Å². The minimum atomic E-state index is -1.03. The quantitative estimate of drug-likeness (QED) is 0.785. The van der Waals surface area contributed by atoms with E-state index in [4.69, 9.17) is 9.52 Å². The summed E-state index contributed by atoms with van der Waals surface area (Å²) >= 11 is 1.53. The molecule has 1 amide bonds. The maximum absolute atomic E-state index is 11.5. The largest absolute Gasteiger partial charge is 0.480 e. The Morgan fingerprint density at radius 2 is 2.38 bits per heavy atom. The summed E-state index contributed by atoms with van der Waals surface area (Å²) in [6.45, 7) is 0. The normalized spacial score (nSPS) is 12.1. The Balaban J connectivity index is 2.54. The predicted molar refractivity (Wildman–Crippen MR) is 60.6 cm³/mol. The van der Waals surface area contributed by atoms with E-state index in [1.807, 2.05) is 6.26 Å². The van der Waals surface area contributed by atoms with Crippen LogP contribution in [0.3, 0.4) is 0 Å².